The molecule has 1 saturated heterocycles. The molecule has 4 rings (SSSR count). The fourth-order valence-electron chi connectivity index (χ4n) is 4.24. The third-order valence-corrected chi connectivity index (χ3v) is 5.65. The maximum absolute atomic E-state index is 13.1. The SMILES string of the molecule is CCCN1CCc2nc3ccccc3c(C(=O)OCC(=O)N3CCCC3)c2C1. The number of aromatic nitrogens is 1. The number of fused-ring (bicyclic) bond motifs is 2. The van der Waals surface area contributed by atoms with E-state index in [4.69, 9.17) is 9.72 Å². The second-order valence-electron chi connectivity index (χ2n) is 7.62. The molecule has 0 saturated carbocycles. The van der Waals surface area contributed by atoms with Gasteiger partial charge in [-0.05, 0) is 31.9 Å². The zero-order valence-corrected chi connectivity index (χ0v) is 16.4. The first kappa shape index (κ1) is 18.9. The van der Waals surface area contributed by atoms with Gasteiger partial charge in [-0.15, -0.1) is 0 Å². The molecule has 1 aromatic carbocycles. The number of likely N-dealkylation sites (tertiary alicyclic amines) is 1. The molecular weight excluding hydrogens is 354 g/mol. The van der Waals surface area contributed by atoms with Crippen molar-refractivity contribution in [2.75, 3.05) is 32.8 Å². The summed E-state index contributed by atoms with van der Waals surface area (Å²) in [6.07, 6.45) is 3.94. The summed E-state index contributed by atoms with van der Waals surface area (Å²) in [4.78, 5) is 34.3. The number of carbonyl (C=O) groups is 2. The Morgan fingerprint density at radius 1 is 1.14 bits per heavy atom. The Hall–Kier alpha value is -2.47. The lowest BCUT2D eigenvalue weighted by Gasteiger charge is -2.29. The van der Waals surface area contributed by atoms with Crippen LogP contribution in [0.3, 0.4) is 0 Å². The van der Waals surface area contributed by atoms with E-state index in [1.54, 1.807) is 4.90 Å². The lowest BCUT2D eigenvalue weighted by Crippen LogP contribution is -2.34. The number of esters is 1. The van der Waals surface area contributed by atoms with Crippen molar-refractivity contribution >= 4 is 22.8 Å². The number of pyridine rings is 1. The summed E-state index contributed by atoms with van der Waals surface area (Å²) in [5.41, 5.74) is 3.32. The van der Waals surface area contributed by atoms with E-state index in [-0.39, 0.29) is 12.5 Å². The second kappa shape index (κ2) is 8.27. The molecule has 1 amide bonds. The molecule has 2 aromatic rings. The highest BCUT2D eigenvalue weighted by atomic mass is 16.5. The van der Waals surface area contributed by atoms with E-state index in [0.29, 0.717) is 12.1 Å². The smallest absolute Gasteiger partial charge is 0.339 e. The fraction of sp³-hybridized carbons (Fsp3) is 0.500. The van der Waals surface area contributed by atoms with Gasteiger partial charge in [0.1, 0.15) is 0 Å². The molecule has 2 aliphatic rings. The zero-order chi connectivity index (χ0) is 19.5. The minimum Gasteiger partial charge on any atom is -0.452 e. The van der Waals surface area contributed by atoms with E-state index in [0.717, 1.165) is 74.0 Å². The van der Waals surface area contributed by atoms with Crippen LogP contribution in [-0.4, -0.2) is 59.4 Å². The van der Waals surface area contributed by atoms with Gasteiger partial charge in [-0.25, -0.2) is 4.79 Å². The van der Waals surface area contributed by atoms with Crippen LogP contribution in [0.5, 0.6) is 0 Å². The molecule has 148 valence electrons. The third-order valence-electron chi connectivity index (χ3n) is 5.65. The molecule has 0 aliphatic carbocycles. The van der Waals surface area contributed by atoms with Crippen molar-refractivity contribution in [3.63, 3.8) is 0 Å². The van der Waals surface area contributed by atoms with Crippen LogP contribution in [0.2, 0.25) is 0 Å². The van der Waals surface area contributed by atoms with Gasteiger partial charge in [-0.2, -0.15) is 0 Å². The Labute approximate surface area is 165 Å². The number of hydrogen-bond acceptors (Lipinski definition) is 5. The van der Waals surface area contributed by atoms with E-state index < -0.39 is 5.97 Å². The molecule has 1 aromatic heterocycles. The first-order valence-electron chi connectivity index (χ1n) is 10.2. The highest BCUT2D eigenvalue weighted by Gasteiger charge is 2.27. The predicted octanol–water partition coefficient (Wildman–Crippen LogP) is 2.78. The van der Waals surface area contributed by atoms with E-state index >= 15 is 0 Å². The van der Waals surface area contributed by atoms with Crippen LogP contribution < -0.4 is 0 Å². The Kier molecular flexibility index (Phi) is 5.57. The summed E-state index contributed by atoms with van der Waals surface area (Å²) in [6.45, 7) is 6.13. The summed E-state index contributed by atoms with van der Waals surface area (Å²) in [7, 11) is 0. The average molecular weight is 381 g/mol. The van der Waals surface area contributed by atoms with Gasteiger partial charge in [0, 0.05) is 49.2 Å². The number of para-hydroxylation sites is 1. The second-order valence-corrected chi connectivity index (χ2v) is 7.62. The molecule has 0 radical (unpaired) electrons. The largest absolute Gasteiger partial charge is 0.452 e. The minimum absolute atomic E-state index is 0.106. The van der Waals surface area contributed by atoms with Crippen LogP contribution in [0, 0.1) is 0 Å². The molecule has 28 heavy (non-hydrogen) atoms. The number of benzene rings is 1. The third kappa shape index (κ3) is 3.74. The number of hydrogen-bond donors (Lipinski definition) is 0. The molecule has 1 fully saturated rings. The number of nitrogens with zero attached hydrogens (tertiary/aromatic N) is 3. The van der Waals surface area contributed by atoms with Gasteiger partial charge in [0.05, 0.1) is 11.1 Å². The van der Waals surface area contributed by atoms with Gasteiger partial charge in [0.25, 0.3) is 5.91 Å². The van der Waals surface area contributed by atoms with Gasteiger partial charge in [0.2, 0.25) is 0 Å². The van der Waals surface area contributed by atoms with Gasteiger partial charge >= 0.3 is 5.97 Å². The Morgan fingerprint density at radius 3 is 2.71 bits per heavy atom. The molecule has 0 atom stereocenters. The molecule has 0 spiro atoms. The van der Waals surface area contributed by atoms with Crippen molar-refractivity contribution in [3.05, 3.63) is 41.1 Å². The summed E-state index contributed by atoms with van der Waals surface area (Å²) in [5.74, 6) is -0.522. The monoisotopic (exact) mass is 381 g/mol. The number of rotatable bonds is 5. The van der Waals surface area contributed by atoms with Crippen molar-refractivity contribution in [2.24, 2.45) is 0 Å². The lowest BCUT2D eigenvalue weighted by atomic mass is 9.95. The van der Waals surface area contributed by atoms with Crippen molar-refractivity contribution in [1.29, 1.82) is 0 Å². The van der Waals surface area contributed by atoms with E-state index in [9.17, 15) is 9.59 Å². The summed E-state index contributed by atoms with van der Waals surface area (Å²) in [5, 5.41) is 0.804. The Bertz CT molecular complexity index is 890. The van der Waals surface area contributed by atoms with Crippen LogP contribution in [0.4, 0.5) is 0 Å². The zero-order valence-electron chi connectivity index (χ0n) is 16.4. The van der Waals surface area contributed by atoms with Crippen molar-refractivity contribution in [2.45, 2.75) is 39.2 Å². The maximum atomic E-state index is 13.1. The molecule has 0 unspecified atom stereocenters. The van der Waals surface area contributed by atoms with Gasteiger partial charge < -0.3 is 9.64 Å². The van der Waals surface area contributed by atoms with Crippen LogP contribution in [0.15, 0.2) is 24.3 Å². The number of carbonyl (C=O) groups excluding carboxylic acids is 2. The van der Waals surface area contributed by atoms with Gasteiger partial charge in [-0.1, -0.05) is 25.1 Å². The quantitative estimate of drug-likeness (QED) is 0.746. The maximum Gasteiger partial charge on any atom is 0.339 e. The fourth-order valence-corrected chi connectivity index (χ4v) is 4.24. The van der Waals surface area contributed by atoms with Crippen molar-refractivity contribution in [3.8, 4) is 0 Å². The van der Waals surface area contributed by atoms with Gasteiger partial charge in [-0.3, -0.25) is 14.7 Å². The standard InChI is InChI=1S/C22H27N3O3/c1-2-10-24-13-9-19-17(14-24)21(16-7-3-4-8-18(16)23-19)22(27)28-15-20(26)25-11-5-6-12-25/h3-4,7-8H,2,5-6,9-15H2,1H3. The summed E-state index contributed by atoms with van der Waals surface area (Å²) < 4.78 is 5.50. The summed E-state index contributed by atoms with van der Waals surface area (Å²) in [6, 6.07) is 7.69. The van der Waals surface area contributed by atoms with Gasteiger partial charge in [0.15, 0.2) is 6.61 Å². The molecule has 3 heterocycles. The average Bonchev–Trinajstić information content (AvgIpc) is 3.25. The molecular formula is C22H27N3O3. The normalized spacial score (nSPS) is 17.0. The van der Waals surface area contributed by atoms with Crippen molar-refractivity contribution in [1.82, 2.24) is 14.8 Å². The predicted molar refractivity (Wildman–Crippen MR) is 107 cm³/mol. The van der Waals surface area contributed by atoms with Crippen LogP contribution in [0.25, 0.3) is 10.9 Å². The Morgan fingerprint density at radius 2 is 1.93 bits per heavy atom. The van der Waals surface area contributed by atoms with E-state index in [1.165, 1.54) is 0 Å². The minimum atomic E-state index is -0.416. The van der Waals surface area contributed by atoms with Crippen LogP contribution in [0.1, 0.15) is 47.8 Å². The summed E-state index contributed by atoms with van der Waals surface area (Å²) >= 11 is 0. The highest BCUT2D eigenvalue weighted by Crippen LogP contribution is 2.29. The molecule has 0 N–H and O–H groups in total. The van der Waals surface area contributed by atoms with E-state index in [1.807, 2.05) is 24.3 Å². The topological polar surface area (TPSA) is 62.7 Å². The van der Waals surface area contributed by atoms with Crippen molar-refractivity contribution < 1.29 is 14.3 Å². The first-order chi connectivity index (χ1) is 13.7. The molecule has 0 bridgehead atoms. The van der Waals surface area contributed by atoms with Crippen LogP contribution in [-0.2, 0) is 22.5 Å². The number of amides is 1. The van der Waals surface area contributed by atoms with E-state index in [2.05, 4.69) is 11.8 Å². The number of ether oxygens (including phenoxy) is 1. The lowest BCUT2D eigenvalue weighted by molar-refractivity contribution is -0.133. The highest BCUT2D eigenvalue weighted by molar-refractivity contribution is 6.05. The Balaban J connectivity index is 1.63. The molecule has 2 aliphatic heterocycles. The molecule has 6 heteroatoms. The van der Waals surface area contributed by atoms with Crippen LogP contribution >= 0.6 is 0 Å². The first-order valence-corrected chi connectivity index (χ1v) is 10.2. The molecule has 6 nitrogen and oxygen atoms in total.